The fourth-order valence-electron chi connectivity index (χ4n) is 1.77. The molecule has 0 N–H and O–H groups in total. The third-order valence-electron chi connectivity index (χ3n) is 2.39. The lowest BCUT2D eigenvalue weighted by atomic mass is 10.2. The number of nitrogens with zero attached hydrogens (tertiary/aromatic N) is 2. The number of aromatic nitrogens is 2. The Morgan fingerprint density at radius 2 is 2.25 bits per heavy atom. The number of imidazole rings is 1. The van der Waals surface area contributed by atoms with Gasteiger partial charge in [-0.05, 0) is 24.1 Å². The quantitative estimate of drug-likeness (QED) is 0.768. The van der Waals surface area contributed by atoms with Crippen molar-refractivity contribution in [2.75, 3.05) is 0 Å². The number of rotatable bonds is 3. The fraction of sp³-hybridized carbons (Fsp3) is 0.333. The highest BCUT2D eigenvalue weighted by Crippen LogP contribution is 2.21. The first-order valence-electron chi connectivity index (χ1n) is 5.22. The van der Waals surface area contributed by atoms with Crippen LogP contribution in [-0.4, -0.2) is 15.8 Å². The standard InChI is InChI=1S/C12H13ClN2O/c1-8(2)6-15-11-4-3-9(13)5-10(11)14-12(15)7-16/h3-5,7-8H,6H2,1-2H3. The normalized spacial score (nSPS) is 11.2. The highest BCUT2D eigenvalue weighted by Gasteiger charge is 2.11. The van der Waals surface area contributed by atoms with Gasteiger partial charge in [0.1, 0.15) is 0 Å². The number of hydrogen-bond acceptors (Lipinski definition) is 2. The maximum absolute atomic E-state index is 10.9. The van der Waals surface area contributed by atoms with Crippen molar-refractivity contribution in [3.05, 3.63) is 29.0 Å². The van der Waals surface area contributed by atoms with Crippen LogP contribution in [0.3, 0.4) is 0 Å². The summed E-state index contributed by atoms with van der Waals surface area (Å²) in [5.41, 5.74) is 1.73. The van der Waals surface area contributed by atoms with E-state index in [-0.39, 0.29) is 0 Å². The molecule has 0 aliphatic rings. The van der Waals surface area contributed by atoms with Crippen molar-refractivity contribution in [3.8, 4) is 0 Å². The van der Waals surface area contributed by atoms with Crippen molar-refractivity contribution in [1.82, 2.24) is 9.55 Å². The van der Waals surface area contributed by atoms with E-state index in [1.807, 2.05) is 16.7 Å². The number of benzene rings is 1. The minimum atomic E-state index is 0.464. The molecule has 0 amide bonds. The van der Waals surface area contributed by atoms with Crippen LogP contribution in [0.15, 0.2) is 18.2 Å². The number of carbonyl (C=O) groups is 1. The topological polar surface area (TPSA) is 34.9 Å². The van der Waals surface area contributed by atoms with Gasteiger partial charge in [0.05, 0.1) is 11.0 Å². The molecule has 1 aromatic carbocycles. The largest absolute Gasteiger partial charge is 0.321 e. The molecule has 0 atom stereocenters. The van der Waals surface area contributed by atoms with Gasteiger partial charge in [-0.2, -0.15) is 0 Å². The average Bonchev–Trinajstić information content (AvgIpc) is 2.55. The summed E-state index contributed by atoms with van der Waals surface area (Å²) < 4.78 is 1.93. The van der Waals surface area contributed by atoms with Gasteiger partial charge in [-0.15, -0.1) is 0 Å². The lowest BCUT2D eigenvalue weighted by Gasteiger charge is -2.08. The molecule has 0 saturated carbocycles. The highest BCUT2D eigenvalue weighted by molar-refractivity contribution is 6.31. The summed E-state index contributed by atoms with van der Waals surface area (Å²) in [4.78, 5) is 15.2. The Morgan fingerprint density at radius 3 is 2.88 bits per heavy atom. The van der Waals surface area contributed by atoms with Gasteiger partial charge in [0, 0.05) is 11.6 Å². The maximum Gasteiger partial charge on any atom is 0.185 e. The summed E-state index contributed by atoms with van der Waals surface area (Å²) in [7, 11) is 0. The summed E-state index contributed by atoms with van der Waals surface area (Å²) in [6, 6.07) is 5.50. The first-order chi connectivity index (χ1) is 7.61. The van der Waals surface area contributed by atoms with E-state index in [9.17, 15) is 4.79 Å². The van der Waals surface area contributed by atoms with Crippen LogP contribution in [0.1, 0.15) is 24.5 Å². The molecule has 84 valence electrons. The second-order valence-electron chi connectivity index (χ2n) is 4.23. The molecule has 0 unspecified atom stereocenters. The molecule has 0 spiro atoms. The third-order valence-corrected chi connectivity index (χ3v) is 2.63. The fourth-order valence-corrected chi connectivity index (χ4v) is 1.93. The molecule has 0 saturated heterocycles. The lowest BCUT2D eigenvalue weighted by Crippen LogP contribution is -2.07. The van der Waals surface area contributed by atoms with Crippen LogP contribution in [0.2, 0.25) is 5.02 Å². The number of carbonyl (C=O) groups excluding carboxylic acids is 1. The van der Waals surface area contributed by atoms with Crippen LogP contribution in [0.25, 0.3) is 11.0 Å². The summed E-state index contributed by atoms with van der Waals surface area (Å²) >= 11 is 5.89. The van der Waals surface area contributed by atoms with Gasteiger partial charge in [-0.3, -0.25) is 4.79 Å². The second kappa shape index (κ2) is 4.26. The Bertz CT molecular complexity index is 531. The molecule has 4 heteroatoms. The maximum atomic E-state index is 10.9. The van der Waals surface area contributed by atoms with Crippen molar-refractivity contribution in [1.29, 1.82) is 0 Å². The van der Waals surface area contributed by atoms with Crippen molar-refractivity contribution < 1.29 is 4.79 Å². The average molecular weight is 237 g/mol. The van der Waals surface area contributed by atoms with E-state index in [4.69, 9.17) is 11.6 Å². The second-order valence-corrected chi connectivity index (χ2v) is 4.66. The minimum Gasteiger partial charge on any atom is -0.321 e. The van der Waals surface area contributed by atoms with Crippen molar-refractivity contribution in [3.63, 3.8) is 0 Å². The van der Waals surface area contributed by atoms with E-state index in [1.54, 1.807) is 6.07 Å². The first-order valence-corrected chi connectivity index (χ1v) is 5.60. The summed E-state index contributed by atoms with van der Waals surface area (Å²) in [5, 5.41) is 0.638. The molecule has 0 radical (unpaired) electrons. The molecule has 1 aromatic heterocycles. The molecule has 0 fully saturated rings. The van der Waals surface area contributed by atoms with E-state index in [1.165, 1.54) is 0 Å². The summed E-state index contributed by atoms with van der Waals surface area (Å²) in [6.45, 7) is 5.00. The van der Waals surface area contributed by atoms with Gasteiger partial charge in [0.25, 0.3) is 0 Å². The Morgan fingerprint density at radius 1 is 1.50 bits per heavy atom. The lowest BCUT2D eigenvalue weighted by molar-refractivity contribution is 0.111. The smallest absolute Gasteiger partial charge is 0.185 e. The molecule has 2 aromatic rings. The van der Waals surface area contributed by atoms with Crippen LogP contribution >= 0.6 is 11.6 Å². The van der Waals surface area contributed by atoms with E-state index in [2.05, 4.69) is 18.8 Å². The first kappa shape index (κ1) is 11.1. The van der Waals surface area contributed by atoms with Gasteiger partial charge < -0.3 is 4.57 Å². The molecular weight excluding hydrogens is 224 g/mol. The molecule has 0 bridgehead atoms. The number of halogens is 1. The summed E-state index contributed by atoms with van der Waals surface area (Å²) in [6.07, 6.45) is 0.788. The highest BCUT2D eigenvalue weighted by atomic mass is 35.5. The van der Waals surface area contributed by atoms with Crippen molar-refractivity contribution >= 4 is 28.9 Å². The van der Waals surface area contributed by atoms with Crippen molar-refractivity contribution in [2.24, 2.45) is 5.92 Å². The van der Waals surface area contributed by atoms with E-state index < -0.39 is 0 Å². The van der Waals surface area contributed by atoms with Crippen LogP contribution < -0.4 is 0 Å². The van der Waals surface area contributed by atoms with Crippen LogP contribution in [0.4, 0.5) is 0 Å². The number of hydrogen-bond donors (Lipinski definition) is 0. The zero-order valence-electron chi connectivity index (χ0n) is 9.27. The Hall–Kier alpha value is -1.35. The molecular formula is C12H13ClN2O. The molecule has 0 aliphatic heterocycles. The monoisotopic (exact) mass is 236 g/mol. The van der Waals surface area contributed by atoms with Gasteiger partial charge in [0.15, 0.2) is 12.1 Å². The van der Waals surface area contributed by atoms with E-state index in [0.29, 0.717) is 16.8 Å². The predicted molar refractivity (Wildman–Crippen MR) is 65.0 cm³/mol. The Balaban J connectivity index is 2.63. The molecule has 1 heterocycles. The number of aldehydes is 1. The zero-order chi connectivity index (χ0) is 11.7. The SMILES string of the molecule is CC(C)Cn1c(C=O)nc2cc(Cl)ccc21. The van der Waals surface area contributed by atoms with Crippen LogP contribution in [0, 0.1) is 5.92 Å². The van der Waals surface area contributed by atoms with E-state index >= 15 is 0 Å². The predicted octanol–water partition coefficient (Wildman–Crippen LogP) is 3.16. The summed E-state index contributed by atoms with van der Waals surface area (Å²) in [5.74, 6) is 0.928. The van der Waals surface area contributed by atoms with Gasteiger partial charge >= 0.3 is 0 Å². The Labute approximate surface area is 99.0 Å². The Kier molecular flexibility index (Phi) is 2.97. The molecule has 0 aliphatic carbocycles. The minimum absolute atomic E-state index is 0.464. The molecule has 16 heavy (non-hydrogen) atoms. The van der Waals surface area contributed by atoms with Crippen LogP contribution in [0.5, 0.6) is 0 Å². The van der Waals surface area contributed by atoms with Gasteiger partial charge in [-0.1, -0.05) is 25.4 Å². The third kappa shape index (κ3) is 1.95. The zero-order valence-corrected chi connectivity index (χ0v) is 10.0. The van der Waals surface area contributed by atoms with Crippen molar-refractivity contribution in [2.45, 2.75) is 20.4 Å². The van der Waals surface area contributed by atoms with Gasteiger partial charge in [0.2, 0.25) is 0 Å². The number of fused-ring (bicyclic) bond motifs is 1. The van der Waals surface area contributed by atoms with E-state index in [0.717, 1.165) is 23.9 Å². The van der Waals surface area contributed by atoms with Gasteiger partial charge in [-0.25, -0.2) is 4.98 Å². The van der Waals surface area contributed by atoms with Crippen LogP contribution in [-0.2, 0) is 6.54 Å². The molecule has 3 nitrogen and oxygen atoms in total. The molecule has 2 rings (SSSR count).